The maximum Gasteiger partial charge on any atom is 0.224 e. The minimum Gasteiger partial charge on any atom is -0.496 e. The molecule has 0 spiro atoms. The average Bonchev–Trinajstić information content (AvgIpc) is 2.59. The van der Waals surface area contributed by atoms with E-state index in [0.29, 0.717) is 6.42 Å². The van der Waals surface area contributed by atoms with Gasteiger partial charge in [0.25, 0.3) is 0 Å². The summed E-state index contributed by atoms with van der Waals surface area (Å²) in [6.45, 7) is 1.80. The van der Waals surface area contributed by atoms with E-state index in [1.165, 1.54) is 32.1 Å². The number of rotatable bonds is 8. The summed E-state index contributed by atoms with van der Waals surface area (Å²) in [6, 6.07) is 8.43. The Balaban J connectivity index is 1.64. The molecule has 1 aliphatic rings. The van der Waals surface area contributed by atoms with E-state index in [9.17, 15) is 4.79 Å². The van der Waals surface area contributed by atoms with Crippen LogP contribution in [0.5, 0.6) is 5.75 Å². The first-order valence-corrected chi connectivity index (χ1v) is 8.79. The number of benzene rings is 1. The molecule has 1 aromatic rings. The van der Waals surface area contributed by atoms with Crippen molar-refractivity contribution >= 4 is 5.91 Å². The number of nitrogens with zero attached hydrogens (tertiary/aromatic N) is 1. The van der Waals surface area contributed by atoms with Crippen LogP contribution < -0.4 is 10.1 Å². The normalized spacial score (nSPS) is 15.6. The first-order valence-electron chi connectivity index (χ1n) is 8.79. The maximum atomic E-state index is 12.0. The molecule has 0 saturated heterocycles. The van der Waals surface area contributed by atoms with Gasteiger partial charge < -0.3 is 15.0 Å². The van der Waals surface area contributed by atoms with Crippen LogP contribution in [0.25, 0.3) is 0 Å². The van der Waals surface area contributed by atoms with E-state index in [2.05, 4.69) is 17.3 Å². The second-order valence-corrected chi connectivity index (χ2v) is 6.46. The quantitative estimate of drug-likeness (QED) is 0.749. The monoisotopic (exact) mass is 318 g/mol. The zero-order chi connectivity index (χ0) is 16.5. The molecule has 0 bridgehead atoms. The van der Waals surface area contributed by atoms with E-state index >= 15 is 0 Å². The molecular formula is C19H30N2O2. The number of hydrogen-bond acceptors (Lipinski definition) is 3. The first kappa shape index (κ1) is 17.8. The van der Waals surface area contributed by atoms with Crippen LogP contribution in [0.2, 0.25) is 0 Å². The lowest BCUT2D eigenvalue weighted by Crippen LogP contribution is -2.36. The lowest BCUT2D eigenvalue weighted by molar-refractivity contribution is -0.120. The van der Waals surface area contributed by atoms with E-state index in [1.807, 2.05) is 24.3 Å². The summed E-state index contributed by atoms with van der Waals surface area (Å²) in [5, 5.41) is 3.02. The van der Waals surface area contributed by atoms with E-state index in [0.717, 1.165) is 36.9 Å². The minimum atomic E-state index is 0.0646. The molecule has 1 amide bonds. The van der Waals surface area contributed by atoms with Crippen molar-refractivity contribution < 1.29 is 9.53 Å². The van der Waals surface area contributed by atoms with Crippen molar-refractivity contribution in [1.29, 1.82) is 0 Å². The number of nitrogens with one attached hydrogen (secondary N) is 1. The Hall–Kier alpha value is -1.55. The molecule has 4 nitrogen and oxygen atoms in total. The van der Waals surface area contributed by atoms with Gasteiger partial charge in [-0.25, -0.2) is 0 Å². The fourth-order valence-corrected chi connectivity index (χ4v) is 3.35. The highest BCUT2D eigenvalue weighted by molar-refractivity contribution is 5.79. The second kappa shape index (κ2) is 9.56. The molecule has 0 radical (unpaired) electrons. The van der Waals surface area contributed by atoms with Crippen LogP contribution in [0.1, 0.15) is 44.1 Å². The van der Waals surface area contributed by atoms with Crippen LogP contribution in [0.4, 0.5) is 0 Å². The summed E-state index contributed by atoms with van der Waals surface area (Å²) in [7, 11) is 3.85. The number of para-hydroxylation sites is 1. The first-order chi connectivity index (χ1) is 11.2. The van der Waals surface area contributed by atoms with Gasteiger partial charge in [-0.2, -0.15) is 0 Å². The Kier molecular flexibility index (Phi) is 7.40. The van der Waals surface area contributed by atoms with Crippen LogP contribution in [0.15, 0.2) is 24.3 Å². The average molecular weight is 318 g/mol. The molecule has 1 aromatic carbocycles. The van der Waals surface area contributed by atoms with Crippen molar-refractivity contribution in [3.63, 3.8) is 0 Å². The lowest BCUT2D eigenvalue weighted by Gasteiger charge is -2.31. The van der Waals surface area contributed by atoms with E-state index in [1.54, 1.807) is 7.11 Å². The van der Waals surface area contributed by atoms with Gasteiger partial charge in [-0.3, -0.25) is 4.79 Å². The van der Waals surface area contributed by atoms with Gasteiger partial charge in [-0.1, -0.05) is 37.5 Å². The van der Waals surface area contributed by atoms with Crippen LogP contribution >= 0.6 is 0 Å². The van der Waals surface area contributed by atoms with Crippen molar-refractivity contribution in [3.05, 3.63) is 29.8 Å². The summed E-state index contributed by atoms with van der Waals surface area (Å²) in [5.74, 6) is 0.842. The number of amides is 1. The third-order valence-electron chi connectivity index (χ3n) is 4.75. The smallest absolute Gasteiger partial charge is 0.224 e. The molecule has 1 saturated carbocycles. The summed E-state index contributed by atoms with van der Waals surface area (Å²) in [6.07, 6.45) is 8.17. The molecule has 1 fully saturated rings. The summed E-state index contributed by atoms with van der Waals surface area (Å²) in [5.41, 5.74) is 0.937. The Morgan fingerprint density at radius 1 is 1.26 bits per heavy atom. The molecule has 0 aromatic heterocycles. The number of ether oxygens (including phenoxy) is 1. The Morgan fingerprint density at radius 3 is 2.74 bits per heavy atom. The third kappa shape index (κ3) is 5.87. The Morgan fingerprint density at radius 2 is 2.00 bits per heavy atom. The zero-order valence-corrected chi connectivity index (χ0v) is 14.5. The molecule has 1 N–H and O–H groups in total. The topological polar surface area (TPSA) is 41.6 Å². The molecule has 0 aliphatic heterocycles. The predicted molar refractivity (Wildman–Crippen MR) is 93.8 cm³/mol. The van der Waals surface area contributed by atoms with Crippen molar-refractivity contribution in [2.45, 2.75) is 51.0 Å². The Bertz CT molecular complexity index is 484. The highest BCUT2D eigenvalue weighted by Crippen LogP contribution is 2.21. The molecule has 0 unspecified atom stereocenters. The van der Waals surface area contributed by atoms with E-state index in [-0.39, 0.29) is 5.91 Å². The SMILES string of the molecule is COc1ccccc1CC(=O)NCCCN(C)C1CCCCC1. The van der Waals surface area contributed by atoms with Crippen LogP contribution in [-0.2, 0) is 11.2 Å². The number of hydrogen-bond donors (Lipinski definition) is 1. The number of carbonyl (C=O) groups excluding carboxylic acids is 1. The van der Waals surface area contributed by atoms with Gasteiger partial charge in [0.1, 0.15) is 5.75 Å². The predicted octanol–water partition coefficient (Wildman–Crippen LogP) is 3.01. The van der Waals surface area contributed by atoms with Crippen LogP contribution in [0, 0.1) is 0 Å². The molecule has 0 heterocycles. The third-order valence-corrected chi connectivity index (χ3v) is 4.75. The number of carbonyl (C=O) groups is 1. The highest BCUT2D eigenvalue weighted by atomic mass is 16.5. The molecule has 2 rings (SSSR count). The van der Waals surface area contributed by atoms with Crippen molar-refractivity contribution in [3.8, 4) is 5.75 Å². The summed E-state index contributed by atoms with van der Waals surface area (Å²) in [4.78, 5) is 14.5. The van der Waals surface area contributed by atoms with Crippen molar-refractivity contribution in [2.24, 2.45) is 0 Å². The lowest BCUT2D eigenvalue weighted by atomic mass is 9.94. The second-order valence-electron chi connectivity index (χ2n) is 6.46. The van der Waals surface area contributed by atoms with Gasteiger partial charge in [0.05, 0.1) is 13.5 Å². The largest absolute Gasteiger partial charge is 0.496 e. The molecule has 0 atom stereocenters. The number of methoxy groups -OCH3 is 1. The fraction of sp³-hybridized carbons (Fsp3) is 0.632. The fourth-order valence-electron chi connectivity index (χ4n) is 3.35. The van der Waals surface area contributed by atoms with Crippen LogP contribution in [-0.4, -0.2) is 44.1 Å². The molecule has 128 valence electrons. The van der Waals surface area contributed by atoms with Gasteiger partial charge in [0.15, 0.2) is 0 Å². The molecule has 23 heavy (non-hydrogen) atoms. The molecule has 4 heteroatoms. The van der Waals surface area contributed by atoms with E-state index in [4.69, 9.17) is 4.74 Å². The van der Waals surface area contributed by atoms with Gasteiger partial charge in [0.2, 0.25) is 5.91 Å². The summed E-state index contributed by atoms with van der Waals surface area (Å²) >= 11 is 0. The zero-order valence-electron chi connectivity index (χ0n) is 14.5. The van der Waals surface area contributed by atoms with E-state index < -0.39 is 0 Å². The van der Waals surface area contributed by atoms with Gasteiger partial charge in [-0.15, -0.1) is 0 Å². The van der Waals surface area contributed by atoms with Gasteiger partial charge in [0, 0.05) is 18.2 Å². The molecular weight excluding hydrogens is 288 g/mol. The van der Waals surface area contributed by atoms with Gasteiger partial charge in [-0.05, 0) is 38.9 Å². The van der Waals surface area contributed by atoms with Crippen LogP contribution in [0.3, 0.4) is 0 Å². The van der Waals surface area contributed by atoms with Crippen molar-refractivity contribution in [1.82, 2.24) is 10.2 Å². The maximum absolute atomic E-state index is 12.0. The Labute approximate surface area is 140 Å². The molecule has 1 aliphatic carbocycles. The summed E-state index contributed by atoms with van der Waals surface area (Å²) < 4.78 is 5.28. The standard InChI is InChI=1S/C19H30N2O2/c1-21(17-10-4-3-5-11-17)14-8-13-20-19(22)15-16-9-6-7-12-18(16)23-2/h6-7,9,12,17H,3-5,8,10-11,13-15H2,1-2H3,(H,20,22). The minimum absolute atomic E-state index is 0.0646. The highest BCUT2D eigenvalue weighted by Gasteiger charge is 2.17. The van der Waals surface area contributed by atoms with Gasteiger partial charge >= 0.3 is 0 Å². The van der Waals surface area contributed by atoms with Crippen molar-refractivity contribution in [2.75, 3.05) is 27.2 Å².